The highest BCUT2D eigenvalue weighted by Crippen LogP contribution is 2.20. The zero-order chi connectivity index (χ0) is 11.5. The lowest BCUT2D eigenvalue weighted by atomic mass is 10.1. The van der Waals surface area contributed by atoms with E-state index in [9.17, 15) is 4.39 Å². The van der Waals surface area contributed by atoms with Crippen LogP contribution in [-0.2, 0) is 4.74 Å². The van der Waals surface area contributed by atoms with E-state index >= 15 is 0 Å². The van der Waals surface area contributed by atoms with Crippen LogP contribution >= 0.6 is 0 Å². The Kier molecular flexibility index (Phi) is 4.53. The van der Waals surface area contributed by atoms with Crippen LogP contribution in [0.2, 0.25) is 0 Å². The molecule has 0 saturated carbocycles. The average Bonchev–Trinajstić information content (AvgIpc) is 2.05. The number of hydrogen-bond acceptors (Lipinski definition) is 2. The summed E-state index contributed by atoms with van der Waals surface area (Å²) in [7, 11) is 0. The number of piperidine rings is 1. The zero-order valence-corrected chi connectivity index (χ0v) is 10.4. The van der Waals surface area contributed by atoms with Crippen LogP contribution in [0.1, 0.15) is 40.5 Å². The molecule has 1 heterocycles. The highest BCUT2D eigenvalue weighted by molar-refractivity contribution is 4.76. The van der Waals surface area contributed by atoms with E-state index in [2.05, 4.69) is 25.7 Å². The van der Waals surface area contributed by atoms with E-state index in [4.69, 9.17) is 4.74 Å². The first kappa shape index (κ1) is 12.9. The smallest absolute Gasteiger partial charge is 0.110 e. The number of ether oxygens (including phenoxy) is 1. The highest BCUT2D eigenvalue weighted by atomic mass is 19.1. The van der Waals surface area contributed by atoms with Gasteiger partial charge in [0, 0.05) is 19.6 Å². The lowest BCUT2D eigenvalue weighted by molar-refractivity contribution is -0.0830. The van der Waals surface area contributed by atoms with Gasteiger partial charge in [0.1, 0.15) is 6.17 Å². The molecule has 0 radical (unpaired) electrons. The molecular weight excluding hydrogens is 193 g/mol. The van der Waals surface area contributed by atoms with Gasteiger partial charge in [0.05, 0.1) is 11.7 Å². The van der Waals surface area contributed by atoms with Crippen molar-refractivity contribution in [3.8, 4) is 0 Å². The van der Waals surface area contributed by atoms with E-state index in [0.29, 0.717) is 12.6 Å². The van der Waals surface area contributed by atoms with Crippen LogP contribution in [0, 0.1) is 0 Å². The predicted molar refractivity (Wildman–Crippen MR) is 60.9 cm³/mol. The van der Waals surface area contributed by atoms with Gasteiger partial charge in [-0.25, -0.2) is 4.39 Å². The van der Waals surface area contributed by atoms with Crippen LogP contribution in [-0.4, -0.2) is 42.4 Å². The van der Waals surface area contributed by atoms with Crippen molar-refractivity contribution < 1.29 is 9.13 Å². The van der Waals surface area contributed by atoms with Gasteiger partial charge in [-0.05, 0) is 40.5 Å². The first-order valence-electron chi connectivity index (χ1n) is 5.91. The van der Waals surface area contributed by atoms with Gasteiger partial charge >= 0.3 is 0 Å². The molecule has 0 aliphatic carbocycles. The molecule has 1 aliphatic heterocycles. The fourth-order valence-electron chi connectivity index (χ4n) is 2.07. The third-order valence-corrected chi connectivity index (χ3v) is 2.56. The second-order valence-electron chi connectivity index (χ2n) is 5.51. The van der Waals surface area contributed by atoms with Gasteiger partial charge in [-0.15, -0.1) is 0 Å². The van der Waals surface area contributed by atoms with Crippen LogP contribution < -0.4 is 0 Å². The molecular formula is C12H24FNO. The number of halogens is 1. The van der Waals surface area contributed by atoms with Crippen molar-refractivity contribution in [1.29, 1.82) is 0 Å². The number of nitrogens with zero attached hydrogens (tertiary/aromatic N) is 1. The lowest BCUT2D eigenvalue weighted by Gasteiger charge is -2.35. The predicted octanol–water partition coefficient (Wildman–Crippen LogP) is 2.62. The van der Waals surface area contributed by atoms with Crippen molar-refractivity contribution >= 4 is 0 Å². The molecule has 1 rings (SSSR count). The Hall–Kier alpha value is -0.150. The molecule has 0 bridgehead atoms. The van der Waals surface area contributed by atoms with Crippen molar-refractivity contribution in [1.82, 2.24) is 4.90 Å². The Morgan fingerprint density at radius 3 is 2.27 bits per heavy atom. The van der Waals surface area contributed by atoms with Crippen LogP contribution in [0.25, 0.3) is 0 Å². The van der Waals surface area contributed by atoms with E-state index in [1.807, 2.05) is 0 Å². The zero-order valence-electron chi connectivity index (χ0n) is 10.4. The van der Waals surface area contributed by atoms with Gasteiger partial charge < -0.3 is 9.64 Å². The summed E-state index contributed by atoms with van der Waals surface area (Å²) in [6.45, 7) is 10.4. The fourth-order valence-corrected chi connectivity index (χ4v) is 2.07. The fraction of sp³-hybridized carbons (Fsp3) is 1.00. The molecule has 1 fully saturated rings. The quantitative estimate of drug-likeness (QED) is 0.720. The van der Waals surface area contributed by atoms with E-state index in [1.54, 1.807) is 6.92 Å². The minimum absolute atomic E-state index is 0.0553. The van der Waals surface area contributed by atoms with Gasteiger partial charge in [-0.1, -0.05) is 0 Å². The van der Waals surface area contributed by atoms with E-state index in [-0.39, 0.29) is 5.60 Å². The van der Waals surface area contributed by atoms with E-state index < -0.39 is 6.17 Å². The number of likely N-dealkylation sites (tertiary alicyclic amines) is 1. The molecule has 0 aromatic carbocycles. The standard InChI is InChI=1S/C12H24FNO/c1-10(13)9-14-7-5-11(6-8-14)15-12(2,3)4/h10-11H,5-9H2,1-4H3. The Balaban J connectivity index is 2.24. The molecule has 3 heteroatoms. The number of alkyl halides is 1. The summed E-state index contributed by atoms with van der Waals surface area (Å²) in [5, 5.41) is 0. The van der Waals surface area contributed by atoms with Crippen LogP contribution in [0.3, 0.4) is 0 Å². The summed E-state index contributed by atoms with van der Waals surface area (Å²) >= 11 is 0. The molecule has 0 aromatic heterocycles. The normalized spacial score (nSPS) is 23.0. The van der Waals surface area contributed by atoms with E-state index in [0.717, 1.165) is 25.9 Å². The van der Waals surface area contributed by atoms with Crippen LogP contribution in [0.15, 0.2) is 0 Å². The minimum Gasteiger partial charge on any atom is -0.373 e. The van der Waals surface area contributed by atoms with Gasteiger partial charge in [0.15, 0.2) is 0 Å². The maximum absolute atomic E-state index is 12.8. The SMILES string of the molecule is CC(F)CN1CCC(OC(C)(C)C)CC1. The molecule has 1 aliphatic rings. The summed E-state index contributed by atoms with van der Waals surface area (Å²) in [6, 6.07) is 0. The maximum Gasteiger partial charge on any atom is 0.110 e. The van der Waals surface area contributed by atoms with Crippen molar-refractivity contribution in [3.05, 3.63) is 0 Å². The third kappa shape index (κ3) is 5.47. The summed E-state index contributed by atoms with van der Waals surface area (Å²) < 4.78 is 18.7. The Bertz CT molecular complexity index is 181. The summed E-state index contributed by atoms with van der Waals surface area (Å²) in [6.07, 6.45) is 1.70. The van der Waals surface area contributed by atoms with Crippen molar-refractivity contribution in [3.63, 3.8) is 0 Å². The molecule has 1 saturated heterocycles. The minimum atomic E-state index is -0.718. The second kappa shape index (κ2) is 5.26. The first-order chi connectivity index (χ1) is 6.87. The summed E-state index contributed by atoms with van der Waals surface area (Å²) in [5.41, 5.74) is -0.0553. The largest absolute Gasteiger partial charge is 0.373 e. The monoisotopic (exact) mass is 217 g/mol. The van der Waals surface area contributed by atoms with E-state index in [1.165, 1.54) is 0 Å². The molecule has 0 spiro atoms. The molecule has 1 atom stereocenters. The van der Waals surface area contributed by atoms with Crippen LogP contribution in [0.5, 0.6) is 0 Å². The topological polar surface area (TPSA) is 12.5 Å². The lowest BCUT2D eigenvalue weighted by Crippen LogP contribution is -2.41. The average molecular weight is 217 g/mol. The number of rotatable bonds is 3. The molecule has 90 valence electrons. The van der Waals surface area contributed by atoms with Gasteiger partial charge in [0.2, 0.25) is 0 Å². The molecule has 15 heavy (non-hydrogen) atoms. The van der Waals surface area contributed by atoms with Gasteiger partial charge in [-0.3, -0.25) is 0 Å². The van der Waals surface area contributed by atoms with Crippen molar-refractivity contribution in [2.45, 2.75) is 58.4 Å². The first-order valence-corrected chi connectivity index (χ1v) is 5.91. The molecule has 0 amide bonds. The Morgan fingerprint density at radius 2 is 1.87 bits per heavy atom. The molecule has 0 N–H and O–H groups in total. The van der Waals surface area contributed by atoms with Crippen LogP contribution in [0.4, 0.5) is 4.39 Å². The van der Waals surface area contributed by atoms with Crippen molar-refractivity contribution in [2.24, 2.45) is 0 Å². The molecule has 0 aromatic rings. The van der Waals surface area contributed by atoms with Crippen molar-refractivity contribution in [2.75, 3.05) is 19.6 Å². The molecule has 2 nitrogen and oxygen atoms in total. The summed E-state index contributed by atoms with van der Waals surface area (Å²) in [5.74, 6) is 0. The van der Waals surface area contributed by atoms with Gasteiger partial charge in [-0.2, -0.15) is 0 Å². The molecule has 1 unspecified atom stereocenters. The highest BCUT2D eigenvalue weighted by Gasteiger charge is 2.24. The summed E-state index contributed by atoms with van der Waals surface area (Å²) in [4.78, 5) is 2.19. The Morgan fingerprint density at radius 1 is 1.33 bits per heavy atom. The third-order valence-electron chi connectivity index (χ3n) is 2.56. The maximum atomic E-state index is 12.8. The second-order valence-corrected chi connectivity index (χ2v) is 5.51. The Labute approximate surface area is 92.8 Å². The number of hydrogen-bond donors (Lipinski definition) is 0. The van der Waals surface area contributed by atoms with Gasteiger partial charge in [0.25, 0.3) is 0 Å².